The van der Waals surface area contributed by atoms with E-state index in [0.29, 0.717) is 12.2 Å². The number of carboxylic acids is 1. The number of allylic oxidation sites excluding steroid dienone is 1. The lowest BCUT2D eigenvalue weighted by molar-refractivity contribution is 0.0685. The van der Waals surface area contributed by atoms with Crippen LogP contribution in [0.15, 0.2) is 23.4 Å². The van der Waals surface area contributed by atoms with Gasteiger partial charge in [-0.15, -0.1) is 0 Å². The molecule has 3 nitrogen and oxygen atoms in total. The Balaban J connectivity index is 3.04. The molecule has 0 aromatic carbocycles. The maximum atomic E-state index is 10.9. The molecular formula is C10H12ClNO2. The van der Waals surface area contributed by atoms with E-state index in [2.05, 4.69) is 0 Å². The Kier molecular flexibility index (Phi) is 3.36. The second-order valence-corrected chi connectivity index (χ2v) is 3.45. The molecule has 76 valence electrons. The van der Waals surface area contributed by atoms with Crippen LogP contribution in [0.2, 0.25) is 0 Å². The van der Waals surface area contributed by atoms with Crippen molar-refractivity contribution in [3.8, 4) is 0 Å². The van der Waals surface area contributed by atoms with Crippen molar-refractivity contribution in [2.24, 2.45) is 0 Å². The van der Waals surface area contributed by atoms with Gasteiger partial charge in [0.05, 0.1) is 0 Å². The van der Waals surface area contributed by atoms with Gasteiger partial charge in [-0.1, -0.05) is 11.6 Å². The Morgan fingerprint density at radius 3 is 2.86 bits per heavy atom. The van der Waals surface area contributed by atoms with Crippen molar-refractivity contribution >= 4 is 17.6 Å². The minimum Gasteiger partial charge on any atom is -0.477 e. The molecule has 0 fully saturated rings. The van der Waals surface area contributed by atoms with Gasteiger partial charge in [-0.2, -0.15) is 0 Å². The number of halogens is 1. The van der Waals surface area contributed by atoms with E-state index in [0.717, 1.165) is 11.1 Å². The molecule has 0 amide bonds. The highest BCUT2D eigenvalue weighted by Crippen LogP contribution is 2.12. The first-order valence-corrected chi connectivity index (χ1v) is 4.64. The van der Waals surface area contributed by atoms with Crippen molar-refractivity contribution in [1.29, 1.82) is 0 Å². The van der Waals surface area contributed by atoms with Gasteiger partial charge in [0.25, 0.3) is 0 Å². The zero-order valence-corrected chi connectivity index (χ0v) is 8.88. The number of hydrogen-bond acceptors (Lipinski definition) is 1. The minimum absolute atomic E-state index is 0.322. The summed E-state index contributed by atoms with van der Waals surface area (Å²) in [5, 5.41) is 8.95. The van der Waals surface area contributed by atoms with Crippen LogP contribution in [0.3, 0.4) is 0 Å². The third-order valence-corrected chi connectivity index (χ3v) is 2.35. The highest BCUT2D eigenvalue weighted by Gasteiger charge is 2.12. The van der Waals surface area contributed by atoms with E-state index in [1.807, 2.05) is 6.92 Å². The zero-order chi connectivity index (χ0) is 10.7. The Labute approximate surface area is 87.6 Å². The molecule has 0 spiro atoms. The van der Waals surface area contributed by atoms with Gasteiger partial charge < -0.3 is 9.67 Å². The molecule has 0 bridgehead atoms. The molecule has 0 saturated heterocycles. The quantitative estimate of drug-likeness (QED) is 0.839. The molecule has 0 atom stereocenters. The van der Waals surface area contributed by atoms with Crippen LogP contribution in [-0.2, 0) is 6.54 Å². The van der Waals surface area contributed by atoms with Gasteiger partial charge in [0, 0.05) is 18.3 Å². The summed E-state index contributed by atoms with van der Waals surface area (Å²) >= 11 is 5.52. The van der Waals surface area contributed by atoms with Crippen molar-refractivity contribution in [3.63, 3.8) is 0 Å². The van der Waals surface area contributed by atoms with Crippen LogP contribution in [0.1, 0.15) is 23.0 Å². The number of nitrogens with zero attached hydrogens (tertiary/aromatic N) is 1. The van der Waals surface area contributed by atoms with Crippen LogP contribution < -0.4 is 0 Å². The molecule has 0 aliphatic carbocycles. The Hall–Kier alpha value is -1.22. The van der Waals surface area contributed by atoms with E-state index in [-0.39, 0.29) is 0 Å². The van der Waals surface area contributed by atoms with Gasteiger partial charge in [0.15, 0.2) is 0 Å². The minimum atomic E-state index is -0.908. The van der Waals surface area contributed by atoms with Crippen LogP contribution in [0.5, 0.6) is 0 Å². The molecule has 0 unspecified atom stereocenters. The van der Waals surface area contributed by atoms with Gasteiger partial charge in [-0.05, 0) is 31.1 Å². The lowest BCUT2D eigenvalue weighted by atomic mass is 10.2. The fourth-order valence-electron chi connectivity index (χ4n) is 1.31. The van der Waals surface area contributed by atoms with E-state index < -0.39 is 5.97 Å². The van der Waals surface area contributed by atoms with Crippen LogP contribution in [0.4, 0.5) is 0 Å². The molecule has 1 aromatic rings. The highest BCUT2D eigenvalue weighted by molar-refractivity contribution is 6.25. The van der Waals surface area contributed by atoms with Crippen LogP contribution >= 0.6 is 11.6 Å². The van der Waals surface area contributed by atoms with Crippen LogP contribution in [0.25, 0.3) is 0 Å². The molecular weight excluding hydrogens is 202 g/mol. The van der Waals surface area contributed by atoms with E-state index >= 15 is 0 Å². The van der Waals surface area contributed by atoms with Crippen LogP contribution in [0, 0.1) is 6.92 Å². The lowest BCUT2D eigenvalue weighted by Crippen LogP contribution is -2.09. The summed E-state index contributed by atoms with van der Waals surface area (Å²) < 4.78 is 1.67. The zero-order valence-electron chi connectivity index (χ0n) is 8.12. The molecule has 14 heavy (non-hydrogen) atoms. The molecule has 1 N–H and O–H groups in total. The second-order valence-electron chi connectivity index (χ2n) is 3.24. The summed E-state index contributed by atoms with van der Waals surface area (Å²) in [6.45, 7) is 4.15. The predicted molar refractivity (Wildman–Crippen MR) is 55.7 cm³/mol. The van der Waals surface area contributed by atoms with E-state index in [1.54, 1.807) is 23.8 Å². The largest absolute Gasteiger partial charge is 0.477 e. The number of aromatic nitrogens is 1. The molecule has 1 rings (SSSR count). The van der Waals surface area contributed by atoms with Gasteiger partial charge >= 0.3 is 5.97 Å². The normalized spacial score (nSPS) is 11.8. The predicted octanol–water partition coefficient (Wildman–Crippen LogP) is 2.64. The van der Waals surface area contributed by atoms with Crippen molar-refractivity contribution < 1.29 is 9.90 Å². The van der Waals surface area contributed by atoms with E-state index in [1.165, 1.54) is 5.54 Å². The average molecular weight is 214 g/mol. The summed E-state index contributed by atoms with van der Waals surface area (Å²) in [6.07, 6.45) is 1.75. The summed E-state index contributed by atoms with van der Waals surface area (Å²) in [4.78, 5) is 10.9. The number of aryl methyl sites for hydroxylation is 1. The SMILES string of the molecule is C/C(=C/Cl)Cn1ccc(C)c1C(=O)O. The first-order valence-electron chi connectivity index (χ1n) is 4.21. The van der Waals surface area contributed by atoms with Gasteiger partial charge in [0.2, 0.25) is 0 Å². The Morgan fingerprint density at radius 2 is 2.36 bits per heavy atom. The number of carboxylic acid groups (broad SMARTS) is 1. The third-order valence-electron chi connectivity index (χ3n) is 1.97. The summed E-state index contributed by atoms with van der Waals surface area (Å²) in [6, 6.07) is 1.78. The monoisotopic (exact) mass is 213 g/mol. The van der Waals surface area contributed by atoms with E-state index in [9.17, 15) is 4.79 Å². The smallest absolute Gasteiger partial charge is 0.352 e. The second kappa shape index (κ2) is 4.33. The molecule has 0 aliphatic heterocycles. The summed E-state index contributed by atoms with van der Waals surface area (Å²) in [5.74, 6) is -0.908. The standard InChI is InChI=1S/C10H12ClNO2/c1-7(5-11)6-12-4-3-8(2)9(12)10(13)14/h3-5H,6H2,1-2H3,(H,13,14)/b7-5-. The first kappa shape index (κ1) is 10.9. The molecule has 0 radical (unpaired) electrons. The number of aromatic carboxylic acids is 1. The Bertz CT molecular complexity index is 379. The van der Waals surface area contributed by atoms with Gasteiger partial charge in [-0.3, -0.25) is 0 Å². The highest BCUT2D eigenvalue weighted by atomic mass is 35.5. The lowest BCUT2D eigenvalue weighted by Gasteiger charge is -2.06. The van der Waals surface area contributed by atoms with Gasteiger partial charge in [0.1, 0.15) is 5.69 Å². The number of rotatable bonds is 3. The average Bonchev–Trinajstić information content (AvgIpc) is 2.46. The Morgan fingerprint density at radius 1 is 1.71 bits per heavy atom. The molecule has 1 heterocycles. The van der Waals surface area contributed by atoms with Crippen molar-refractivity contribution in [2.45, 2.75) is 20.4 Å². The molecule has 1 aromatic heterocycles. The number of carbonyl (C=O) groups is 1. The van der Waals surface area contributed by atoms with E-state index in [4.69, 9.17) is 16.7 Å². The number of hydrogen-bond donors (Lipinski definition) is 1. The topological polar surface area (TPSA) is 42.2 Å². The fraction of sp³-hybridized carbons (Fsp3) is 0.300. The summed E-state index contributed by atoms with van der Waals surface area (Å²) in [5.41, 5.74) is 3.47. The first-order chi connectivity index (χ1) is 6.56. The van der Waals surface area contributed by atoms with Crippen molar-refractivity contribution in [1.82, 2.24) is 4.57 Å². The fourth-order valence-corrected chi connectivity index (χ4v) is 1.38. The molecule has 4 heteroatoms. The maximum Gasteiger partial charge on any atom is 0.352 e. The van der Waals surface area contributed by atoms with Crippen LogP contribution in [-0.4, -0.2) is 15.6 Å². The molecule has 0 aliphatic rings. The van der Waals surface area contributed by atoms with Crippen molar-refractivity contribution in [2.75, 3.05) is 0 Å². The van der Waals surface area contributed by atoms with Crippen molar-refractivity contribution in [3.05, 3.63) is 34.6 Å². The third kappa shape index (κ3) is 2.17. The maximum absolute atomic E-state index is 10.9. The van der Waals surface area contributed by atoms with Gasteiger partial charge in [-0.25, -0.2) is 4.79 Å². The molecule has 0 saturated carbocycles. The summed E-state index contributed by atoms with van der Waals surface area (Å²) in [7, 11) is 0.